The maximum atomic E-state index is 13.0. The Morgan fingerprint density at radius 2 is 1.58 bits per heavy atom. The fourth-order valence-electron chi connectivity index (χ4n) is 4.26. The molecule has 2 aliphatic rings. The highest BCUT2D eigenvalue weighted by atomic mass is 16.2. The number of benzene rings is 2. The molecule has 1 atom stereocenters. The molecule has 0 unspecified atom stereocenters. The van der Waals surface area contributed by atoms with Crippen LogP contribution in [-0.2, 0) is 9.59 Å². The minimum atomic E-state index is -0.624. The van der Waals surface area contributed by atoms with Crippen LogP contribution in [0.1, 0.15) is 18.1 Å². The van der Waals surface area contributed by atoms with E-state index in [4.69, 9.17) is 0 Å². The monoisotopic (exact) mass is 420 g/mol. The third-order valence-corrected chi connectivity index (χ3v) is 6.14. The Morgan fingerprint density at radius 3 is 2.23 bits per heavy atom. The molecule has 4 amide bonds. The van der Waals surface area contributed by atoms with Crippen LogP contribution in [0.5, 0.6) is 0 Å². The molecule has 2 fully saturated rings. The summed E-state index contributed by atoms with van der Waals surface area (Å²) < 4.78 is 0. The Balaban J connectivity index is 1.39. The zero-order valence-corrected chi connectivity index (χ0v) is 18.2. The first-order chi connectivity index (χ1) is 14.9. The molecule has 162 valence electrons. The number of nitrogens with zero attached hydrogens (tertiary/aromatic N) is 4. The smallest absolute Gasteiger partial charge is 0.332 e. The number of imide groups is 1. The quantitative estimate of drug-likeness (QED) is 0.714. The number of para-hydroxylation sites is 1. The van der Waals surface area contributed by atoms with E-state index in [0.717, 1.165) is 23.6 Å². The lowest BCUT2D eigenvalue weighted by Crippen LogP contribution is -2.52. The SMILES string of the molecule is Cc1ccc(N2C(=O)N(CC(=O)N3CCN(c4ccccc4C)CC3)C(=O)[C@H]2C)cc1. The number of hydrogen-bond donors (Lipinski definition) is 0. The standard InChI is InChI=1S/C24H28N4O3/c1-17-8-10-20(11-9-17)28-19(3)23(30)27(24(28)31)16-22(29)26-14-12-25(13-15-26)21-7-5-4-6-18(21)2/h4-11,19H,12-16H2,1-3H3/t19-/m1/s1. The van der Waals surface area contributed by atoms with E-state index >= 15 is 0 Å². The van der Waals surface area contributed by atoms with Crippen LogP contribution in [0.2, 0.25) is 0 Å². The second-order valence-corrected chi connectivity index (χ2v) is 8.24. The molecule has 0 radical (unpaired) electrons. The average Bonchev–Trinajstić information content (AvgIpc) is 2.98. The maximum Gasteiger partial charge on any atom is 0.332 e. The van der Waals surface area contributed by atoms with Gasteiger partial charge in [-0.05, 0) is 44.5 Å². The van der Waals surface area contributed by atoms with Crippen LogP contribution in [0.25, 0.3) is 0 Å². The molecule has 0 saturated carbocycles. The third kappa shape index (κ3) is 4.00. The maximum absolute atomic E-state index is 13.0. The van der Waals surface area contributed by atoms with Gasteiger partial charge in [-0.1, -0.05) is 35.9 Å². The topological polar surface area (TPSA) is 64.2 Å². The number of carbonyl (C=O) groups is 3. The molecule has 2 heterocycles. The highest BCUT2D eigenvalue weighted by Crippen LogP contribution is 2.26. The van der Waals surface area contributed by atoms with Crippen LogP contribution in [0.15, 0.2) is 48.5 Å². The van der Waals surface area contributed by atoms with E-state index in [2.05, 4.69) is 24.0 Å². The molecule has 2 aromatic carbocycles. The van der Waals surface area contributed by atoms with Crippen LogP contribution in [0.4, 0.5) is 16.2 Å². The molecule has 0 aromatic heterocycles. The summed E-state index contributed by atoms with van der Waals surface area (Å²) in [6.45, 7) is 8.13. The normalized spacial score (nSPS) is 19.4. The lowest BCUT2D eigenvalue weighted by Gasteiger charge is -2.37. The van der Waals surface area contributed by atoms with Gasteiger partial charge in [-0.3, -0.25) is 19.4 Å². The first kappa shape index (κ1) is 20.9. The van der Waals surface area contributed by atoms with E-state index in [1.807, 2.05) is 43.3 Å². The van der Waals surface area contributed by atoms with Crippen molar-refractivity contribution in [2.75, 3.05) is 42.5 Å². The van der Waals surface area contributed by atoms with Gasteiger partial charge in [0.2, 0.25) is 5.91 Å². The van der Waals surface area contributed by atoms with Crippen molar-refractivity contribution in [3.8, 4) is 0 Å². The lowest BCUT2D eigenvalue weighted by atomic mass is 10.1. The molecule has 31 heavy (non-hydrogen) atoms. The predicted molar refractivity (Wildman–Crippen MR) is 120 cm³/mol. The second kappa shape index (κ2) is 8.41. The Bertz CT molecular complexity index is 996. The van der Waals surface area contributed by atoms with E-state index in [0.29, 0.717) is 18.8 Å². The van der Waals surface area contributed by atoms with Crippen LogP contribution in [0, 0.1) is 13.8 Å². The predicted octanol–water partition coefficient (Wildman–Crippen LogP) is 2.81. The summed E-state index contributed by atoms with van der Waals surface area (Å²) in [4.78, 5) is 45.2. The Labute approximate surface area is 182 Å². The van der Waals surface area contributed by atoms with E-state index in [1.54, 1.807) is 11.8 Å². The molecule has 2 aromatic rings. The fourth-order valence-corrected chi connectivity index (χ4v) is 4.26. The molecule has 2 saturated heterocycles. The molecule has 4 rings (SSSR count). The molecule has 2 aliphatic heterocycles. The highest BCUT2D eigenvalue weighted by Gasteiger charge is 2.44. The number of hydrogen-bond acceptors (Lipinski definition) is 4. The number of urea groups is 1. The average molecular weight is 421 g/mol. The zero-order valence-electron chi connectivity index (χ0n) is 18.2. The van der Waals surface area contributed by atoms with Crippen molar-refractivity contribution >= 4 is 29.2 Å². The zero-order chi connectivity index (χ0) is 22.1. The van der Waals surface area contributed by atoms with Gasteiger partial charge in [0.25, 0.3) is 5.91 Å². The summed E-state index contributed by atoms with van der Waals surface area (Å²) in [5.41, 5.74) is 4.13. The number of amides is 4. The van der Waals surface area contributed by atoms with E-state index < -0.39 is 12.1 Å². The van der Waals surface area contributed by atoms with Gasteiger partial charge in [-0.15, -0.1) is 0 Å². The fraction of sp³-hybridized carbons (Fsp3) is 0.375. The van der Waals surface area contributed by atoms with Crippen molar-refractivity contribution in [1.29, 1.82) is 0 Å². The van der Waals surface area contributed by atoms with Crippen molar-refractivity contribution in [3.63, 3.8) is 0 Å². The van der Waals surface area contributed by atoms with Gasteiger partial charge in [-0.2, -0.15) is 0 Å². The first-order valence-electron chi connectivity index (χ1n) is 10.7. The lowest BCUT2D eigenvalue weighted by molar-refractivity contribution is -0.137. The number of anilines is 2. The van der Waals surface area contributed by atoms with E-state index in [9.17, 15) is 14.4 Å². The largest absolute Gasteiger partial charge is 0.368 e. The Hall–Kier alpha value is -3.35. The third-order valence-electron chi connectivity index (χ3n) is 6.14. The summed E-state index contributed by atoms with van der Waals surface area (Å²) in [6, 6.07) is 14.6. The van der Waals surface area contributed by atoms with E-state index in [1.165, 1.54) is 16.2 Å². The van der Waals surface area contributed by atoms with Crippen molar-refractivity contribution in [1.82, 2.24) is 9.80 Å². The number of piperazine rings is 1. The van der Waals surface area contributed by atoms with Gasteiger partial charge in [0.1, 0.15) is 12.6 Å². The van der Waals surface area contributed by atoms with Crippen LogP contribution < -0.4 is 9.80 Å². The number of aryl methyl sites for hydroxylation is 2. The second-order valence-electron chi connectivity index (χ2n) is 8.24. The minimum absolute atomic E-state index is 0.191. The molecule has 7 nitrogen and oxygen atoms in total. The highest BCUT2D eigenvalue weighted by molar-refractivity contribution is 6.15. The summed E-state index contributed by atoms with van der Waals surface area (Å²) in [6.07, 6.45) is 0. The Kier molecular flexibility index (Phi) is 5.67. The summed E-state index contributed by atoms with van der Waals surface area (Å²) >= 11 is 0. The first-order valence-corrected chi connectivity index (χ1v) is 10.7. The van der Waals surface area contributed by atoms with Gasteiger partial charge in [0.15, 0.2) is 0 Å². The molecule has 0 bridgehead atoms. The van der Waals surface area contributed by atoms with Gasteiger partial charge in [0.05, 0.1) is 0 Å². The van der Waals surface area contributed by atoms with Crippen LogP contribution in [0.3, 0.4) is 0 Å². The van der Waals surface area contributed by atoms with E-state index in [-0.39, 0.29) is 18.4 Å². The Morgan fingerprint density at radius 1 is 0.935 bits per heavy atom. The minimum Gasteiger partial charge on any atom is -0.368 e. The van der Waals surface area contributed by atoms with Gasteiger partial charge >= 0.3 is 6.03 Å². The van der Waals surface area contributed by atoms with Crippen molar-refractivity contribution in [3.05, 3.63) is 59.7 Å². The van der Waals surface area contributed by atoms with Crippen LogP contribution >= 0.6 is 0 Å². The molecular weight excluding hydrogens is 392 g/mol. The van der Waals surface area contributed by atoms with Gasteiger partial charge < -0.3 is 9.80 Å². The van der Waals surface area contributed by atoms with Gasteiger partial charge in [0, 0.05) is 37.6 Å². The van der Waals surface area contributed by atoms with Crippen molar-refractivity contribution in [2.24, 2.45) is 0 Å². The molecule has 7 heteroatoms. The summed E-state index contributed by atoms with van der Waals surface area (Å²) in [7, 11) is 0. The molecule has 0 spiro atoms. The molecule has 0 aliphatic carbocycles. The molecule has 0 N–H and O–H groups in total. The van der Waals surface area contributed by atoms with Crippen molar-refractivity contribution in [2.45, 2.75) is 26.8 Å². The number of carbonyl (C=O) groups excluding carboxylic acids is 3. The van der Waals surface area contributed by atoms with Crippen LogP contribution in [-0.4, -0.2) is 66.4 Å². The van der Waals surface area contributed by atoms with Gasteiger partial charge in [-0.25, -0.2) is 4.79 Å². The summed E-state index contributed by atoms with van der Waals surface area (Å²) in [5.74, 6) is -0.526. The number of rotatable bonds is 4. The summed E-state index contributed by atoms with van der Waals surface area (Å²) in [5, 5.41) is 0. The molecular formula is C24H28N4O3. The van der Waals surface area contributed by atoms with Crippen molar-refractivity contribution < 1.29 is 14.4 Å².